The molecule has 0 radical (unpaired) electrons. The molecule has 0 saturated heterocycles. The minimum absolute atomic E-state index is 0.0361. The van der Waals surface area contributed by atoms with Crippen LogP contribution < -0.4 is 5.32 Å². The standard InChI is InChI=1S/C58H109N2O7P/c1-7-10-13-16-19-22-25-27-29-30-31-33-36-39-42-45-48-51-58(62)67-56(49-46-43-40-37-34-24-21-18-15-12-9-3)55(54-66-68(63,64)65-53-52-60(4,5)6)59-57(61)50-47-44-41-38-35-32-28-26-23-20-17-14-11-8-2/h19,22,27,29,32,35,46,49,55-56H,7-18,20-21,23-26,28,30-31,33-34,36-45,47-48,50-54H2,1-6H3,(H-,59,61,63,64)/p+1/b22-19-,29-27-,35-32-,49-46+. The van der Waals surface area contributed by atoms with E-state index in [1.54, 1.807) is 0 Å². The lowest BCUT2D eigenvalue weighted by Gasteiger charge is -2.27. The fourth-order valence-electron chi connectivity index (χ4n) is 8.02. The summed E-state index contributed by atoms with van der Waals surface area (Å²) in [5, 5.41) is 3.03. The summed E-state index contributed by atoms with van der Waals surface area (Å²) in [6.45, 7) is 6.96. The first-order chi connectivity index (χ1) is 32.9. The Morgan fingerprint density at radius 1 is 0.515 bits per heavy atom. The van der Waals surface area contributed by atoms with Crippen molar-refractivity contribution in [1.29, 1.82) is 0 Å². The number of phosphoric ester groups is 1. The summed E-state index contributed by atoms with van der Waals surface area (Å²) in [4.78, 5) is 37.5. The van der Waals surface area contributed by atoms with Gasteiger partial charge in [-0.2, -0.15) is 0 Å². The molecule has 0 aromatic heterocycles. The highest BCUT2D eigenvalue weighted by Gasteiger charge is 2.30. The molecule has 0 bridgehead atoms. The van der Waals surface area contributed by atoms with Crippen molar-refractivity contribution in [3.8, 4) is 0 Å². The Hall–Kier alpha value is -2.03. The zero-order valence-corrected chi connectivity index (χ0v) is 46.2. The van der Waals surface area contributed by atoms with E-state index in [1.807, 2.05) is 33.3 Å². The molecule has 9 nitrogen and oxygen atoms in total. The molecule has 0 aliphatic heterocycles. The molecule has 2 N–H and O–H groups in total. The first kappa shape index (κ1) is 66.0. The molecule has 0 aliphatic rings. The topological polar surface area (TPSA) is 111 Å². The van der Waals surface area contributed by atoms with Gasteiger partial charge in [-0.05, 0) is 89.5 Å². The number of unbranched alkanes of at least 4 members (excludes halogenated alkanes) is 29. The van der Waals surface area contributed by atoms with E-state index in [1.165, 1.54) is 135 Å². The van der Waals surface area contributed by atoms with E-state index < -0.39 is 20.0 Å². The van der Waals surface area contributed by atoms with Gasteiger partial charge >= 0.3 is 13.8 Å². The summed E-state index contributed by atoms with van der Waals surface area (Å²) in [6.07, 6.45) is 58.1. The monoisotopic (exact) mass is 978 g/mol. The minimum atomic E-state index is -4.45. The molecule has 10 heteroatoms. The second-order valence-corrected chi connectivity index (χ2v) is 21.9. The average Bonchev–Trinajstić information content (AvgIpc) is 3.29. The Labute approximate surface area is 420 Å². The molecule has 0 rings (SSSR count). The molecule has 1 amide bonds. The number of amides is 1. The van der Waals surface area contributed by atoms with Gasteiger partial charge in [0.1, 0.15) is 19.3 Å². The molecule has 3 unspecified atom stereocenters. The number of hydrogen-bond acceptors (Lipinski definition) is 6. The molecule has 0 spiro atoms. The van der Waals surface area contributed by atoms with Crippen LogP contribution in [0.1, 0.15) is 258 Å². The molecule has 0 aliphatic carbocycles. The zero-order valence-electron chi connectivity index (χ0n) is 45.3. The Balaban J connectivity index is 5.35. The second kappa shape index (κ2) is 48.6. The maximum absolute atomic E-state index is 13.5. The van der Waals surface area contributed by atoms with Gasteiger partial charge < -0.3 is 19.4 Å². The molecule has 0 aromatic carbocycles. The van der Waals surface area contributed by atoms with Crippen molar-refractivity contribution >= 4 is 19.7 Å². The van der Waals surface area contributed by atoms with Gasteiger partial charge in [-0.25, -0.2) is 4.57 Å². The van der Waals surface area contributed by atoms with Crippen molar-refractivity contribution in [2.24, 2.45) is 0 Å². The number of carbonyl (C=O) groups is 2. The van der Waals surface area contributed by atoms with Crippen LogP contribution in [-0.4, -0.2) is 74.3 Å². The lowest BCUT2D eigenvalue weighted by atomic mass is 10.1. The quantitative estimate of drug-likeness (QED) is 0.0205. The van der Waals surface area contributed by atoms with Crippen LogP contribution in [0.15, 0.2) is 48.6 Å². The number of rotatable bonds is 51. The number of esters is 1. The van der Waals surface area contributed by atoms with Gasteiger partial charge in [-0.1, -0.05) is 205 Å². The Morgan fingerprint density at radius 2 is 0.897 bits per heavy atom. The SMILES string of the molecule is CCCCC/C=C\C/C=C\CCCCCCCCCC(=O)OC(/C=C/CCCCCCCCCCC)C(COP(=O)(O)OCC[N+](C)(C)C)NC(=O)CCCCC/C=C\CCCCCCCCC. The Bertz CT molecular complexity index is 1310. The van der Waals surface area contributed by atoms with Crippen LogP contribution in [0.5, 0.6) is 0 Å². The number of likely N-dealkylation sites (N-methyl/N-ethyl adjacent to an activating group) is 1. The predicted octanol–water partition coefficient (Wildman–Crippen LogP) is 16.9. The van der Waals surface area contributed by atoms with Crippen molar-refractivity contribution in [3.05, 3.63) is 48.6 Å². The highest BCUT2D eigenvalue weighted by atomic mass is 31.2. The van der Waals surface area contributed by atoms with Gasteiger partial charge in [0.05, 0.1) is 33.8 Å². The number of carbonyl (C=O) groups excluding carboxylic acids is 2. The molecule has 68 heavy (non-hydrogen) atoms. The number of allylic oxidation sites excluding steroid dienone is 7. The van der Waals surface area contributed by atoms with E-state index in [0.717, 1.165) is 89.9 Å². The third-order valence-electron chi connectivity index (χ3n) is 12.5. The summed E-state index contributed by atoms with van der Waals surface area (Å²) >= 11 is 0. The van der Waals surface area contributed by atoms with Crippen LogP contribution in [0.2, 0.25) is 0 Å². The zero-order chi connectivity index (χ0) is 50.1. The van der Waals surface area contributed by atoms with Gasteiger partial charge in [0.15, 0.2) is 0 Å². The Kier molecular flexibility index (Phi) is 47.1. The van der Waals surface area contributed by atoms with Gasteiger partial charge in [0, 0.05) is 12.8 Å². The lowest BCUT2D eigenvalue weighted by Crippen LogP contribution is -2.47. The van der Waals surface area contributed by atoms with E-state index in [-0.39, 0.29) is 31.5 Å². The molecule has 3 atom stereocenters. The van der Waals surface area contributed by atoms with Crippen LogP contribution >= 0.6 is 7.82 Å². The van der Waals surface area contributed by atoms with Gasteiger partial charge in [0.25, 0.3) is 0 Å². The lowest BCUT2D eigenvalue weighted by molar-refractivity contribution is -0.870. The van der Waals surface area contributed by atoms with E-state index in [9.17, 15) is 19.0 Å². The van der Waals surface area contributed by atoms with E-state index in [0.29, 0.717) is 17.4 Å². The maximum Gasteiger partial charge on any atom is 0.472 e. The number of nitrogens with one attached hydrogen (secondary N) is 1. The van der Waals surface area contributed by atoms with E-state index in [4.69, 9.17) is 13.8 Å². The molecular weight excluding hydrogens is 868 g/mol. The van der Waals surface area contributed by atoms with Gasteiger partial charge in [-0.15, -0.1) is 0 Å². The van der Waals surface area contributed by atoms with Crippen molar-refractivity contribution in [2.45, 2.75) is 270 Å². The Morgan fingerprint density at radius 3 is 1.38 bits per heavy atom. The van der Waals surface area contributed by atoms with Gasteiger partial charge in [0.2, 0.25) is 5.91 Å². The number of phosphoric acid groups is 1. The van der Waals surface area contributed by atoms with Crippen LogP contribution in [0.4, 0.5) is 0 Å². The fourth-order valence-corrected chi connectivity index (χ4v) is 8.76. The maximum atomic E-state index is 13.5. The van der Waals surface area contributed by atoms with Crippen molar-refractivity contribution in [3.63, 3.8) is 0 Å². The second-order valence-electron chi connectivity index (χ2n) is 20.5. The first-order valence-electron chi connectivity index (χ1n) is 28.5. The first-order valence-corrected chi connectivity index (χ1v) is 30.0. The largest absolute Gasteiger partial charge is 0.472 e. The fraction of sp³-hybridized carbons (Fsp3) is 0.828. The summed E-state index contributed by atoms with van der Waals surface area (Å²) in [5.74, 6) is -0.530. The summed E-state index contributed by atoms with van der Waals surface area (Å²) in [5.41, 5.74) is 0. The summed E-state index contributed by atoms with van der Waals surface area (Å²) in [7, 11) is 1.48. The molecule has 398 valence electrons. The van der Waals surface area contributed by atoms with Crippen LogP contribution in [-0.2, 0) is 27.9 Å². The van der Waals surface area contributed by atoms with Crippen molar-refractivity contribution in [1.82, 2.24) is 5.32 Å². The van der Waals surface area contributed by atoms with E-state index >= 15 is 0 Å². The van der Waals surface area contributed by atoms with Crippen molar-refractivity contribution in [2.75, 3.05) is 40.9 Å². The molecule has 0 fully saturated rings. The number of hydrogen-bond donors (Lipinski definition) is 2. The molecule has 0 saturated carbocycles. The summed E-state index contributed by atoms with van der Waals surface area (Å²) in [6, 6.07) is -0.857. The van der Waals surface area contributed by atoms with E-state index in [2.05, 4.69) is 62.5 Å². The summed E-state index contributed by atoms with van der Waals surface area (Å²) < 4.78 is 30.6. The highest BCUT2D eigenvalue weighted by molar-refractivity contribution is 7.47. The minimum Gasteiger partial charge on any atom is -0.456 e. The van der Waals surface area contributed by atoms with Crippen molar-refractivity contribution < 1.29 is 37.3 Å². The molecular formula is C58H110N2O7P+. The van der Waals surface area contributed by atoms with Crippen LogP contribution in [0.3, 0.4) is 0 Å². The van der Waals surface area contributed by atoms with Gasteiger partial charge in [-0.3, -0.25) is 18.6 Å². The number of quaternary nitrogens is 1. The molecule has 0 aromatic rings. The third kappa shape index (κ3) is 49.0. The average molecular weight is 978 g/mol. The van der Waals surface area contributed by atoms with Crippen LogP contribution in [0.25, 0.3) is 0 Å². The number of ether oxygens (including phenoxy) is 1. The third-order valence-corrected chi connectivity index (χ3v) is 13.5. The normalized spacial score (nSPS) is 14.2. The highest BCUT2D eigenvalue weighted by Crippen LogP contribution is 2.43. The van der Waals surface area contributed by atoms with Crippen LogP contribution in [0, 0.1) is 0 Å². The smallest absolute Gasteiger partial charge is 0.456 e. The number of nitrogens with zero attached hydrogens (tertiary/aromatic N) is 1. The molecule has 0 heterocycles. The predicted molar refractivity (Wildman–Crippen MR) is 291 cm³/mol.